The molecule has 0 amide bonds. The van der Waals surface area contributed by atoms with Crippen molar-refractivity contribution in [2.24, 2.45) is 5.92 Å². The lowest BCUT2D eigenvalue weighted by Crippen LogP contribution is -2.36. The van der Waals surface area contributed by atoms with Gasteiger partial charge in [0.1, 0.15) is 0 Å². The zero-order valence-electron chi connectivity index (χ0n) is 9.81. The van der Waals surface area contributed by atoms with Crippen LogP contribution < -0.4 is 5.32 Å². The Morgan fingerprint density at radius 1 is 1.31 bits per heavy atom. The molecule has 2 heteroatoms. The Morgan fingerprint density at radius 3 is 2.38 bits per heavy atom. The van der Waals surface area contributed by atoms with Crippen LogP contribution in [0.4, 0.5) is 0 Å². The Kier molecular flexibility index (Phi) is 6.35. The largest absolute Gasteiger partial charge is 0.374 e. The minimum Gasteiger partial charge on any atom is -0.374 e. The van der Waals surface area contributed by atoms with Gasteiger partial charge in [-0.3, -0.25) is 0 Å². The standard InChI is InChI=1S/C11H25NO/c1-10(2)7-6-8-13-11(3,4)9-12-5/h10,12H,6-9H2,1-5H3. The van der Waals surface area contributed by atoms with Crippen molar-refractivity contribution < 1.29 is 4.74 Å². The lowest BCUT2D eigenvalue weighted by molar-refractivity contribution is -0.0175. The van der Waals surface area contributed by atoms with E-state index in [1.165, 1.54) is 12.8 Å². The van der Waals surface area contributed by atoms with Crippen molar-refractivity contribution in [2.75, 3.05) is 20.2 Å². The summed E-state index contributed by atoms with van der Waals surface area (Å²) in [5, 5.41) is 3.13. The molecule has 0 atom stereocenters. The number of nitrogens with one attached hydrogen (secondary N) is 1. The van der Waals surface area contributed by atoms with Crippen molar-refractivity contribution in [3.8, 4) is 0 Å². The fraction of sp³-hybridized carbons (Fsp3) is 1.00. The lowest BCUT2D eigenvalue weighted by atomic mass is 10.1. The summed E-state index contributed by atoms with van der Waals surface area (Å²) < 4.78 is 5.76. The predicted molar refractivity (Wildman–Crippen MR) is 58.0 cm³/mol. The van der Waals surface area contributed by atoms with E-state index in [9.17, 15) is 0 Å². The maximum absolute atomic E-state index is 5.76. The van der Waals surface area contributed by atoms with Gasteiger partial charge in [-0.15, -0.1) is 0 Å². The molecule has 0 aromatic rings. The van der Waals surface area contributed by atoms with Gasteiger partial charge in [-0.1, -0.05) is 13.8 Å². The Morgan fingerprint density at radius 2 is 1.92 bits per heavy atom. The number of hydrogen-bond acceptors (Lipinski definition) is 2. The summed E-state index contributed by atoms with van der Waals surface area (Å²) in [5.41, 5.74) is -0.0221. The molecule has 0 bridgehead atoms. The molecule has 1 N–H and O–H groups in total. The highest BCUT2D eigenvalue weighted by Crippen LogP contribution is 2.10. The van der Waals surface area contributed by atoms with E-state index in [0.29, 0.717) is 0 Å². The molecule has 0 aliphatic rings. The van der Waals surface area contributed by atoms with Gasteiger partial charge < -0.3 is 10.1 Å². The predicted octanol–water partition coefficient (Wildman–Crippen LogP) is 2.44. The van der Waals surface area contributed by atoms with Crippen LogP contribution in [0.3, 0.4) is 0 Å². The maximum atomic E-state index is 5.76. The van der Waals surface area contributed by atoms with Gasteiger partial charge in [0.15, 0.2) is 0 Å². The first-order chi connectivity index (χ1) is 5.98. The van der Waals surface area contributed by atoms with Gasteiger partial charge in [0, 0.05) is 13.2 Å². The van der Waals surface area contributed by atoms with Crippen molar-refractivity contribution in [1.82, 2.24) is 5.32 Å². The normalized spacial score (nSPS) is 12.5. The summed E-state index contributed by atoms with van der Waals surface area (Å²) in [4.78, 5) is 0. The third-order valence-corrected chi connectivity index (χ3v) is 2.02. The van der Waals surface area contributed by atoms with Gasteiger partial charge in [-0.2, -0.15) is 0 Å². The summed E-state index contributed by atoms with van der Waals surface area (Å²) in [6.45, 7) is 10.5. The molecule has 0 aliphatic heterocycles. The van der Waals surface area contributed by atoms with E-state index in [4.69, 9.17) is 4.74 Å². The van der Waals surface area contributed by atoms with Crippen LogP contribution >= 0.6 is 0 Å². The van der Waals surface area contributed by atoms with Gasteiger partial charge in [0.25, 0.3) is 0 Å². The van der Waals surface area contributed by atoms with E-state index in [1.54, 1.807) is 0 Å². The molecule has 80 valence electrons. The SMILES string of the molecule is CNCC(C)(C)OCCCC(C)C. The summed E-state index contributed by atoms with van der Waals surface area (Å²) in [6, 6.07) is 0. The molecule has 0 aromatic heterocycles. The number of likely N-dealkylation sites (N-methyl/N-ethyl adjacent to an activating group) is 1. The first-order valence-electron chi connectivity index (χ1n) is 5.26. The molecule has 0 unspecified atom stereocenters. The average Bonchev–Trinajstić information content (AvgIpc) is 1.98. The summed E-state index contributed by atoms with van der Waals surface area (Å²) >= 11 is 0. The van der Waals surface area contributed by atoms with E-state index >= 15 is 0 Å². The van der Waals surface area contributed by atoms with Crippen LogP contribution in [0.2, 0.25) is 0 Å². The molecule has 2 nitrogen and oxygen atoms in total. The molecule has 13 heavy (non-hydrogen) atoms. The third kappa shape index (κ3) is 8.26. The minimum absolute atomic E-state index is 0.0221. The topological polar surface area (TPSA) is 21.3 Å². The lowest BCUT2D eigenvalue weighted by Gasteiger charge is -2.25. The van der Waals surface area contributed by atoms with E-state index < -0.39 is 0 Å². The van der Waals surface area contributed by atoms with E-state index in [1.807, 2.05) is 7.05 Å². The Hall–Kier alpha value is -0.0800. The van der Waals surface area contributed by atoms with Crippen molar-refractivity contribution >= 4 is 0 Å². The molecule has 0 fully saturated rings. The fourth-order valence-electron chi connectivity index (χ4n) is 1.32. The Labute approximate surface area is 83.1 Å². The van der Waals surface area contributed by atoms with Crippen LogP contribution in [0.5, 0.6) is 0 Å². The quantitative estimate of drug-likeness (QED) is 0.618. The van der Waals surface area contributed by atoms with Gasteiger partial charge in [0.2, 0.25) is 0 Å². The highest BCUT2D eigenvalue weighted by Gasteiger charge is 2.16. The third-order valence-electron chi connectivity index (χ3n) is 2.02. The Bertz CT molecular complexity index is 121. The van der Waals surface area contributed by atoms with Crippen LogP contribution in [0.1, 0.15) is 40.5 Å². The summed E-state index contributed by atoms with van der Waals surface area (Å²) in [7, 11) is 1.96. The second-order valence-electron chi connectivity index (χ2n) is 4.67. The number of ether oxygens (including phenoxy) is 1. The van der Waals surface area contributed by atoms with Gasteiger partial charge in [-0.05, 0) is 39.7 Å². The smallest absolute Gasteiger partial charge is 0.0750 e. The molecule has 0 spiro atoms. The van der Waals surface area contributed by atoms with Crippen LogP contribution in [0.25, 0.3) is 0 Å². The molecule has 0 saturated carbocycles. The molecular formula is C11H25NO. The zero-order chi connectivity index (χ0) is 10.3. The second-order valence-corrected chi connectivity index (χ2v) is 4.67. The fourth-order valence-corrected chi connectivity index (χ4v) is 1.32. The molecular weight excluding hydrogens is 162 g/mol. The van der Waals surface area contributed by atoms with Crippen molar-refractivity contribution in [1.29, 1.82) is 0 Å². The van der Waals surface area contributed by atoms with E-state index in [0.717, 1.165) is 19.1 Å². The van der Waals surface area contributed by atoms with Crippen molar-refractivity contribution in [3.05, 3.63) is 0 Å². The minimum atomic E-state index is -0.0221. The van der Waals surface area contributed by atoms with E-state index in [-0.39, 0.29) is 5.60 Å². The summed E-state index contributed by atoms with van der Waals surface area (Å²) in [6.07, 6.45) is 2.43. The summed E-state index contributed by atoms with van der Waals surface area (Å²) in [5.74, 6) is 0.788. The van der Waals surface area contributed by atoms with Crippen LogP contribution in [-0.4, -0.2) is 25.8 Å². The van der Waals surface area contributed by atoms with E-state index in [2.05, 4.69) is 33.0 Å². The van der Waals surface area contributed by atoms with Gasteiger partial charge in [-0.25, -0.2) is 0 Å². The molecule has 0 aromatic carbocycles. The van der Waals surface area contributed by atoms with Crippen LogP contribution in [0, 0.1) is 5.92 Å². The van der Waals surface area contributed by atoms with Crippen LogP contribution in [-0.2, 0) is 4.74 Å². The van der Waals surface area contributed by atoms with Crippen molar-refractivity contribution in [3.63, 3.8) is 0 Å². The van der Waals surface area contributed by atoms with Crippen LogP contribution in [0.15, 0.2) is 0 Å². The Balaban J connectivity index is 3.40. The van der Waals surface area contributed by atoms with Crippen molar-refractivity contribution in [2.45, 2.75) is 46.1 Å². The maximum Gasteiger partial charge on any atom is 0.0750 e. The molecule has 0 rings (SSSR count). The molecule has 0 heterocycles. The monoisotopic (exact) mass is 187 g/mol. The molecule has 0 aliphatic carbocycles. The molecule has 0 radical (unpaired) electrons. The molecule has 0 saturated heterocycles. The number of rotatable bonds is 7. The average molecular weight is 187 g/mol. The first-order valence-corrected chi connectivity index (χ1v) is 5.26. The second kappa shape index (κ2) is 6.39. The highest BCUT2D eigenvalue weighted by atomic mass is 16.5. The van der Waals surface area contributed by atoms with Gasteiger partial charge >= 0.3 is 0 Å². The zero-order valence-corrected chi connectivity index (χ0v) is 9.81. The first kappa shape index (κ1) is 12.9. The van der Waals surface area contributed by atoms with Gasteiger partial charge in [0.05, 0.1) is 5.60 Å². The highest BCUT2D eigenvalue weighted by molar-refractivity contribution is 4.70. The number of hydrogen-bond donors (Lipinski definition) is 1.